The largest absolute Gasteiger partial charge is 0.420 e. The van der Waals surface area contributed by atoms with E-state index in [1.54, 1.807) is 4.68 Å². The SMILES string of the molecule is CCc1c(NN)ncnc1Oc1cc(C)nn1C. The maximum Gasteiger partial charge on any atom is 0.229 e. The van der Waals surface area contributed by atoms with Gasteiger partial charge in [-0.1, -0.05) is 6.92 Å². The van der Waals surface area contributed by atoms with Crippen molar-refractivity contribution in [1.82, 2.24) is 19.7 Å². The molecule has 7 heteroatoms. The quantitative estimate of drug-likeness (QED) is 0.623. The van der Waals surface area contributed by atoms with Gasteiger partial charge >= 0.3 is 0 Å². The first-order valence-electron chi connectivity index (χ1n) is 5.64. The van der Waals surface area contributed by atoms with E-state index in [1.807, 2.05) is 27.0 Å². The number of hydrogen-bond donors (Lipinski definition) is 2. The van der Waals surface area contributed by atoms with E-state index in [0.717, 1.165) is 11.3 Å². The minimum absolute atomic E-state index is 0.489. The van der Waals surface area contributed by atoms with Gasteiger partial charge in [-0.15, -0.1) is 0 Å². The molecule has 0 saturated carbocycles. The van der Waals surface area contributed by atoms with Gasteiger partial charge in [0.15, 0.2) is 0 Å². The predicted molar refractivity (Wildman–Crippen MR) is 67.2 cm³/mol. The van der Waals surface area contributed by atoms with Crippen LogP contribution in [0, 0.1) is 6.92 Å². The lowest BCUT2D eigenvalue weighted by Gasteiger charge is -2.11. The Balaban J connectivity index is 2.37. The summed E-state index contributed by atoms with van der Waals surface area (Å²) in [6.45, 7) is 3.89. The Kier molecular flexibility index (Phi) is 3.42. The van der Waals surface area contributed by atoms with Crippen LogP contribution in [0.3, 0.4) is 0 Å². The highest BCUT2D eigenvalue weighted by atomic mass is 16.5. The summed E-state index contributed by atoms with van der Waals surface area (Å²) in [6.07, 6.45) is 2.12. The highest BCUT2D eigenvalue weighted by Crippen LogP contribution is 2.26. The predicted octanol–water partition coefficient (Wildman–Crippen LogP) is 1.16. The zero-order valence-electron chi connectivity index (χ0n) is 10.6. The first-order chi connectivity index (χ1) is 8.65. The lowest BCUT2D eigenvalue weighted by Crippen LogP contribution is -2.12. The van der Waals surface area contributed by atoms with Crippen molar-refractivity contribution in [2.24, 2.45) is 12.9 Å². The molecule has 96 valence electrons. The molecule has 0 radical (unpaired) electrons. The Labute approximate surface area is 105 Å². The van der Waals surface area contributed by atoms with Gasteiger partial charge in [0.05, 0.1) is 11.3 Å². The normalized spacial score (nSPS) is 10.4. The van der Waals surface area contributed by atoms with E-state index in [-0.39, 0.29) is 0 Å². The molecule has 0 aliphatic rings. The molecule has 0 bridgehead atoms. The third kappa shape index (κ3) is 2.25. The molecule has 2 heterocycles. The second kappa shape index (κ2) is 5.01. The van der Waals surface area contributed by atoms with Gasteiger partial charge in [-0.3, -0.25) is 0 Å². The zero-order chi connectivity index (χ0) is 13.1. The Morgan fingerprint density at radius 2 is 2.22 bits per heavy atom. The van der Waals surface area contributed by atoms with Crippen molar-refractivity contribution in [2.45, 2.75) is 20.3 Å². The Morgan fingerprint density at radius 1 is 1.44 bits per heavy atom. The molecule has 2 rings (SSSR count). The number of anilines is 1. The number of aromatic nitrogens is 4. The first kappa shape index (κ1) is 12.3. The lowest BCUT2D eigenvalue weighted by molar-refractivity contribution is 0.410. The van der Waals surface area contributed by atoms with Crippen molar-refractivity contribution in [2.75, 3.05) is 5.43 Å². The van der Waals surface area contributed by atoms with Gasteiger partial charge in [0.2, 0.25) is 11.8 Å². The third-order valence-corrected chi connectivity index (χ3v) is 2.56. The van der Waals surface area contributed by atoms with E-state index in [1.165, 1.54) is 6.33 Å². The molecule has 0 amide bonds. The van der Waals surface area contributed by atoms with Crippen molar-refractivity contribution in [3.05, 3.63) is 23.7 Å². The second-order valence-corrected chi connectivity index (χ2v) is 3.85. The number of hydrogen-bond acceptors (Lipinski definition) is 6. The molecule has 0 unspecified atom stereocenters. The smallest absolute Gasteiger partial charge is 0.229 e. The maximum atomic E-state index is 5.75. The molecule has 18 heavy (non-hydrogen) atoms. The van der Waals surface area contributed by atoms with Crippen LogP contribution in [0.25, 0.3) is 0 Å². The minimum Gasteiger partial charge on any atom is -0.420 e. The van der Waals surface area contributed by atoms with E-state index >= 15 is 0 Å². The van der Waals surface area contributed by atoms with Crippen LogP contribution >= 0.6 is 0 Å². The standard InChI is InChI=1S/C11H16N6O/c1-4-8-10(15-12)13-6-14-11(8)18-9-5-7(2)16-17(9)3/h5-6H,4,12H2,1-3H3,(H,13,14,15). The number of nitrogens with one attached hydrogen (secondary N) is 1. The lowest BCUT2D eigenvalue weighted by atomic mass is 10.2. The van der Waals surface area contributed by atoms with E-state index in [0.29, 0.717) is 24.0 Å². The second-order valence-electron chi connectivity index (χ2n) is 3.85. The highest BCUT2D eigenvalue weighted by Gasteiger charge is 2.13. The number of rotatable bonds is 4. The molecule has 2 aromatic heterocycles. The topological polar surface area (TPSA) is 90.9 Å². The minimum atomic E-state index is 0.489. The molecule has 0 spiro atoms. The summed E-state index contributed by atoms with van der Waals surface area (Å²) in [5.41, 5.74) is 4.26. The summed E-state index contributed by atoms with van der Waals surface area (Å²) < 4.78 is 7.41. The van der Waals surface area contributed by atoms with E-state index < -0.39 is 0 Å². The zero-order valence-corrected chi connectivity index (χ0v) is 10.6. The van der Waals surface area contributed by atoms with Crippen LogP contribution in [0.1, 0.15) is 18.2 Å². The molecular weight excluding hydrogens is 232 g/mol. The molecule has 3 N–H and O–H groups in total. The van der Waals surface area contributed by atoms with Crippen LogP contribution < -0.4 is 16.0 Å². The van der Waals surface area contributed by atoms with Crippen LogP contribution in [0.15, 0.2) is 12.4 Å². The Bertz CT molecular complexity index is 550. The molecule has 0 saturated heterocycles. The molecule has 7 nitrogen and oxygen atoms in total. The van der Waals surface area contributed by atoms with Crippen molar-refractivity contribution >= 4 is 5.82 Å². The number of nitrogens with two attached hydrogens (primary N) is 1. The average molecular weight is 248 g/mol. The van der Waals surface area contributed by atoms with Gasteiger partial charge in [-0.2, -0.15) is 5.10 Å². The average Bonchev–Trinajstić information content (AvgIpc) is 2.67. The van der Waals surface area contributed by atoms with Gasteiger partial charge in [-0.25, -0.2) is 20.5 Å². The fourth-order valence-electron chi connectivity index (χ4n) is 1.71. The molecule has 0 aromatic carbocycles. The van der Waals surface area contributed by atoms with E-state index in [2.05, 4.69) is 20.5 Å². The molecular formula is C11H16N6O. The first-order valence-corrected chi connectivity index (χ1v) is 5.64. The monoisotopic (exact) mass is 248 g/mol. The van der Waals surface area contributed by atoms with Gasteiger partial charge in [-0.05, 0) is 13.3 Å². The summed E-state index contributed by atoms with van der Waals surface area (Å²) >= 11 is 0. The van der Waals surface area contributed by atoms with Gasteiger partial charge in [0.1, 0.15) is 12.1 Å². The fraction of sp³-hybridized carbons (Fsp3) is 0.364. The summed E-state index contributed by atoms with van der Waals surface area (Å²) in [7, 11) is 1.82. The number of nitrogens with zero attached hydrogens (tertiary/aromatic N) is 4. The Morgan fingerprint density at radius 3 is 2.78 bits per heavy atom. The van der Waals surface area contributed by atoms with Crippen LogP contribution in [0.4, 0.5) is 5.82 Å². The number of aryl methyl sites for hydroxylation is 2. The van der Waals surface area contributed by atoms with Crippen LogP contribution in [-0.4, -0.2) is 19.7 Å². The third-order valence-electron chi connectivity index (χ3n) is 2.56. The number of ether oxygens (including phenoxy) is 1. The van der Waals surface area contributed by atoms with Crippen molar-refractivity contribution in [1.29, 1.82) is 0 Å². The molecule has 0 fully saturated rings. The van der Waals surface area contributed by atoms with Gasteiger partial charge in [0, 0.05) is 13.1 Å². The molecule has 0 atom stereocenters. The van der Waals surface area contributed by atoms with Crippen molar-refractivity contribution < 1.29 is 4.74 Å². The van der Waals surface area contributed by atoms with Crippen LogP contribution in [0.2, 0.25) is 0 Å². The molecule has 0 aliphatic heterocycles. The molecule has 2 aromatic rings. The maximum absolute atomic E-state index is 5.75. The Hall–Kier alpha value is -2.15. The van der Waals surface area contributed by atoms with Crippen molar-refractivity contribution in [3.8, 4) is 11.8 Å². The summed E-state index contributed by atoms with van der Waals surface area (Å²) in [6, 6.07) is 1.84. The molecule has 0 aliphatic carbocycles. The van der Waals surface area contributed by atoms with Gasteiger partial charge in [0.25, 0.3) is 0 Å². The van der Waals surface area contributed by atoms with E-state index in [9.17, 15) is 0 Å². The number of hydrazine groups is 1. The summed E-state index contributed by atoms with van der Waals surface area (Å²) in [5.74, 6) is 7.10. The van der Waals surface area contributed by atoms with Crippen molar-refractivity contribution in [3.63, 3.8) is 0 Å². The summed E-state index contributed by atoms with van der Waals surface area (Å²) in [5, 5.41) is 4.21. The van der Waals surface area contributed by atoms with E-state index in [4.69, 9.17) is 10.6 Å². The number of nitrogen functional groups attached to an aromatic ring is 1. The van der Waals surface area contributed by atoms with Crippen LogP contribution in [0.5, 0.6) is 11.8 Å². The highest BCUT2D eigenvalue weighted by molar-refractivity contribution is 5.48. The fourth-order valence-corrected chi connectivity index (χ4v) is 1.71. The van der Waals surface area contributed by atoms with Crippen LogP contribution in [-0.2, 0) is 13.5 Å². The summed E-state index contributed by atoms with van der Waals surface area (Å²) in [4.78, 5) is 8.18. The van der Waals surface area contributed by atoms with Gasteiger partial charge < -0.3 is 10.2 Å².